The quantitative estimate of drug-likeness (QED) is 0.0198. The summed E-state index contributed by atoms with van der Waals surface area (Å²) in [6.07, 6.45) is 56.1. The lowest BCUT2D eigenvalue weighted by Crippen LogP contribution is -2.55. The zero-order chi connectivity index (χ0) is 44.9. The Balaban J connectivity index is 4.44. The van der Waals surface area contributed by atoms with E-state index in [1.807, 2.05) is 0 Å². The highest BCUT2D eigenvalue weighted by atomic mass is 16.6. The molecule has 0 bridgehead atoms. The first kappa shape index (κ1) is 57.5. The van der Waals surface area contributed by atoms with Crippen LogP contribution >= 0.6 is 0 Å². The Bertz CT molecular complexity index is 1270. The van der Waals surface area contributed by atoms with Crippen LogP contribution in [0.25, 0.3) is 0 Å². The molecule has 0 aliphatic heterocycles. The van der Waals surface area contributed by atoms with Gasteiger partial charge in [0.2, 0.25) is 0 Å². The number of rotatable bonds is 42. The SMILES string of the molecule is CCCCC/C=C/C/C=C/C/C=C/C/C=C/C/C=C/CCCCC(=O)OCC(COCCC(C(=O)[O-])[N+](C)(C)C)OC(=O)CCCCC/C=C/C=C/CCCCCCCCC. The number of quaternary nitrogens is 1. The molecule has 8 nitrogen and oxygen atoms in total. The molecular weight excluding hydrogens is 763 g/mol. The molecule has 0 amide bonds. The third kappa shape index (κ3) is 41.6. The van der Waals surface area contributed by atoms with E-state index < -0.39 is 18.1 Å². The van der Waals surface area contributed by atoms with Crippen molar-refractivity contribution in [2.45, 2.75) is 193 Å². The summed E-state index contributed by atoms with van der Waals surface area (Å²) < 4.78 is 17.1. The molecule has 2 atom stereocenters. The number of ether oxygens (including phenoxy) is 3. The summed E-state index contributed by atoms with van der Waals surface area (Å²) in [5, 5.41) is 11.6. The molecule has 0 aromatic heterocycles. The van der Waals surface area contributed by atoms with Gasteiger partial charge in [-0.05, 0) is 89.9 Å². The molecule has 0 aliphatic carbocycles. The van der Waals surface area contributed by atoms with Gasteiger partial charge in [0.05, 0.1) is 40.3 Å². The van der Waals surface area contributed by atoms with Crippen molar-refractivity contribution in [2.24, 2.45) is 0 Å². The summed E-state index contributed by atoms with van der Waals surface area (Å²) in [5.74, 6) is -1.83. The average molecular weight is 852 g/mol. The van der Waals surface area contributed by atoms with Crippen LogP contribution in [0.4, 0.5) is 0 Å². The molecule has 0 aromatic carbocycles. The first-order chi connectivity index (χ1) is 29.6. The molecule has 0 spiro atoms. The minimum Gasteiger partial charge on any atom is -0.544 e. The third-order valence-corrected chi connectivity index (χ3v) is 10.3. The molecule has 8 heteroatoms. The molecule has 0 aromatic rings. The van der Waals surface area contributed by atoms with Gasteiger partial charge in [-0.1, -0.05) is 157 Å². The Labute approximate surface area is 373 Å². The minimum atomic E-state index is -1.14. The fourth-order valence-electron chi connectivity index (χ4n) is 6.49. The molecule has 0 N–H and O–H groups in total. The van der Waals surface area contributed by atoms with Crippen LogP contribution < -0.4 is 5.11 Å². The second-order valence-electron chi connectivity index (χ2n) is 17.0. The van der Waals surface area contributed by atoms with E-state index in [1.165, 1.54) is 70.6 Å². The van der Waals surface area contributed by atoms with Gasteiger partial charge in [0.1, 0.15) is 12.6 Å². The lowest BCUT2D eigenvalue weighted by molar-refractivity contribution is -0.889. The number of unbranched alkanes of at least 4 members (excludes halogenated alkanes) is 15. The predicted molar refractivity (Wildman–Crippen MR) is 254 cm³/mol. The van der Waals surface area contributed by atoms with E-state index >= 15 is 0 Å². The fraction of sp³-hybridized carbons (Fsp3) is 0.679. The zero-order valence-corrected chi connectivity index (χ0v) is 39.5. The molecule has 0 aliphatic rings. The number of nitrogens with zero attached hydrogens (tertiary/aromatic N) is 1. The van der Waals surface area contributed by atoms with Crippen molar-refractivity contribution in [3.8, 4) is 0 Å². The van der Waals surface area contributed by atoms with Gasteiger partial charge in [-0.25, -0.2) is 0 Å². The molecule has 61 heavy (non-hydrogen) atoms. The molecule has 0 rings (SSSR count). The second kappa shape index (κ2) is 43.2. The van der Waals surface area contributed by atoms with Crippen molar-refractivity contribution in [3.05, 3.63) is 85.1 Å². The largest absolute Gasteiger partial charge is 0.544 e. The molecule has 2 unspecified atom stereocenters. The maximum absolute atomic E-state index is 12.7. The molecule has 0 saturated carbocycles. The van der Waals surface area contributed by atoms with Gasteiger partial charge in [0.25, 0.3) is 0 Å². The molecular formula is C53H89NO7. The van der Waals surface area contributed by atoms with Crippen LogP contribution in [0.5, 0.6) is 0 Å². The van der Waals surface area contributed by atoms with Gasteiger partial charge in [-0.2, -0.15) is 0 Å². The van der Waals surface area contributed by atoms with Crippen LogP contribution in [0.1, 0.15) is 181 Å². The maximum Gasteiger partial charge on any atom is 0.306 e. The number of carboxylic acid groups (broad SMARTS) is 1. The zero-order valence-electron chi connectivity index (χ0n) is 39.5. The Morgan fingerprint density at radius 2 is 0.918 bits per heavy atom. The highest BCUT2D eigenvalue weighted by Gasteiger charge is 2.25. The van der Waals surface area contributed by atoms with Crippen LogP contribution in [0, 0.1) is 0 Å². The summed E-state index contributed by atoms with van der Waals surface area (Å²) in [6.45, 7) is 4.54. The lowest BCUT2D eigenvalue weighted by atomic mass is 10.1. The second-order valence-corrected chi connectivity index (χ2v) is 17.0. The van der Waals surface area contributed by atoms with Crippen molar-refractivity contribution in [3.63, 3.8) is 0 Å². The summed E-state index contributed by atoms with van der Waals surface area (Å²) in [4.78, 5) is 36.9. The van der Waals surface area contributed by atoms with Crippen molar-refractivity contribution < 1.29 is 38.2 Å². The van der Waals surface area contributed by atoms with Gasteiger partial charge in [-0.3, -0.25) is 9.59 Å². The minimum absolute atomic E-state index is 0.0113. The predicted octanol–water partition coefficient (Wildman–Crippen LogP) is 12.4. The summed E-state index contributed by atoms with van der Waals surface area (Å²) in [6, 6.07) is -0.742. The van der Waals surface area contributed by atoms with Gasteiger partial charge in [0, 0.05) is 19.3 Å². The van der Waals surface area contributed by atoms with E-state index in [9.17, 15) is 19.5 Å². The van der Waals surface area contributed by atoms with Crippen molar-refractivity contribution in [1.29, 1.82) is 0 Å². The number of carbonyl (C=O) groups is 3. The Morgan fingerprint density at radius 1 is 0.508 bits per heavy atom. The van der Waals surface area contributed by atoms with Crippen LogP contribution in [-0.2, 0) is 28.6 Å². The van der Waals surface area contributed by atoms with Crippen LogP contribution in [0.2, 0.25) is 0 Å². The number of aliphatic carboxylic acids is 1. The van der Waals surface area contributed by atoms with E-state index in [4.69, 9.17) is 14.2 Å². The topological polar surface area (TPSA) is 102 Å². The first-order valence-electron chi connectivity index (χ1n) is 24.1. The van der Waals surface area contributed by atoms with Gasteiger partial charge in [0.15, 0.2) is 6.10 Å². The van der Waals surface area contributed by atoms with E-state index in [0.717, 1.165) is 64.2 Å². The van der Waals surface area contributed by atoms with E-state index in [-0.39, 0.29) is 55.5 Å². The van der Waals surface area contributed by atoms with E-state index in [1.54, 1.807) is 21.1 Å². The van der Waals surface area contributed by atoms with Crippen molar-refractivity contribution >= 4 is 17.9 Å². The van der Waals surface area contributed by atoms with Crippen LogP contribution in [0.3, 0.4) is 0 Å². The standard InChI is InChI=1S/C53H89NO7/c1-6-8-10-12-14-16-18-20-22-24-25-26-27-28-30-31-33-35-37-39-41-43-51(55)60-48-49(47-59-46-45-50(53(57)58)54(3,4)5)61-52(56)44-42-40-38-36-34-32-29-23-21-19-17-15-13-11-9-7-2/h14,16,20,22-23,25-26,28-30,32-35,49-50H,6-13,15,17-19,21,24,27,31,36-48H2,1-5H3/b16-14+,22-20+,26-25+,29-23+,30-28+,34-32+,35-33+. The summed E-state index contributed by atoms with van der Waals surface area (Å²) in [7, 11) is 5.38. The average Bonchev–Trinajstić information content (AvgIpc) is 3.22. The number of carboxylic acids is 1. The van der Waals surface area contributed by atoms with Gasteiger partial charge >= 0.3 is 11.9 Å². The Hall–Kier alpha value is -3.49. The number of hydrogen-bond donors (Lipinski definition) is 0. The van der Waals surface area contributed by atoms with Crippen LogP contribution in [0.15, 0.2) is 85.1 Å². The first-order valence-corrected chi connectivity index (χ1v) is 24.1. The van der Waals surface area contributed by atoms with Crippen LogP contribution in [-0.4, -0.2) is 75.5 Å². The van der Waals surface area contributed by atoms with E-state index in [2.05, 4.69) is 98.9 Å². The number of likely N-dealkylation sites (N-methyl/N-ethyl adjacent to an activating group) is 1. The van der Waals surface area contributed by atoms with Gasteiger partial charge in [-0.15, -0.1) is 0 Å². The molecule has 0 saturated heterocycles. The van der Waals surface area contributed by atoms with Crippen molar-refractivity contribution in [1.82, 2.24) is 0 Å². The normalized spacial score (nSPS) is 13.7. The smallest absolute Gasteiger partial charge is 0.306 e. The number of allylic oxidation sites excluding steroid dienone is 14. The van der Waals surface area contributed by atoms with E-state index in [0.29, 0.717) is 12.8 Å². The summed E-state index contributed by atoms with van der Waals surface area (Å²) in [5.41, 5.74) is 0. The maximum atomic E-state index is 12.7. The molecule has 348 valence electrons. The highest BCUT2D eigenvalue weighted by Crippen LogP contribution is 2.12. The number of carbonyl (C=O) groups excluding carboxylic acids is 3. The monoisotopic (exact) mass is 852 g/mol. The number of esters is 2. The molecule has 0 heterocycles. The van der Waals surface area contributed by atoms with Gasteiger partial charge < -0.3 is 28.6 Å². The lowest BCUT2D eigenvalue weighted by Gasteiger charge is -2.34. The Morgan fingerprint density at radius 3 is 1.44 bits per heavy atom. The number of hydrogen-bond acceptors (Lipinski definition) is 7. The highest BCUT2D eigenvalue weighted by molar-refractivity contribution is 5.70. The Kier molecular flexibility index (Phi) is 40.7. The van der Waals surface area contributed by atoms with Crippen molar-refractivity contribution in [2.75, 3.05) is 41.0 Å². The molecule has 0 radical (unpaired) electrons. The fourth-order valence-corrected chi connectivity index (χ4v) is 6.49. The third-order valence-electron chi connectivity index (χ3n) is 10.3. The molecule has 0 fully saturated rings. The summed E-state index contributed by atoms with van der Waals surface area (Å²) >= 11 is 0.